The Bertz CT molecular complexity index is 1880. The van der Waals surface area contributed by atoms with Crippen LogP contribution in [-0.4, -0.2) is 74.9 Å². The maximum atomic E-state index is 12.9. The molecule has 534 valence electrons. The third-order valence-corrected chi connectivity index (χ3v) is 18.1. The highest BCUT2D eigenvalue weighted by Crippen LogP contribution is 2.43. The molecule has 9 nitrogen and oxygen atoms in total. The summed E-state index contributed by atoms with van der Waals surface area (Å²) in [5, 5.41) is 0. The Morgan fingerprint density at radius 1 is 0.348 bits per heavy atom. The zero-order chi connectivity index (χ0) is 66.9. The van der Waals surface area contributed by atoms with E-state index in [9.17, 15) is 19.0 Å². The Morgan fingerprint density at radius 3 is 0.924 bits per heavy atom. The van der Waals surface area contributed by atoms with Crippen molar-refractivity contribution in [2.45, 2.75) is 367 Å². The van der Waals surface area contributed by atoms with Gasteiger partial charge in [0.1, 0.15) is 19.8 Å². The quantitative estimate of drug-likeness (QED) is 0.0211. The number of quaternary nitrogens is 1. The average Bonchev–Trinajstić information content (AvgIpc) is 2.23. The zero-order valence-electron chi connectivity index (χ0n) is 61.0. The fourth-order valence-electron chi connectivity index (χ4n) is 11.2. The molecule has 0 bridgehead atoms. The monoisotopic (exact) mass is 1310 g/mol. The number of carbonyl (C=O) groups is 2. The van der Waals surface area contributed by atoms with Gasteiger partial charge in [0.15, 0.2) is 6.10 Å². The Hall–Kier alpha value is -3.07. The third-order valence-electron chi connectivity index (χ3n) is 17.1. The first-order valence-electron chi connectivity index (χ1n) is 39.0. The number of nitrogens with zero attached hydrogens (tertiary/aromatic N) is 1. The molecule has 0 aliphatic rings. The van der Waals surface area contributed by atoms with Gasteiger partial charge in [-0.25, -0.2) is 4.57 Å². The molecule has 2 unspecified atom stereocenters. The molecule has 0 aromatic rings. The van der Waals surface area contributed by atoms with Crippen molar-refractivity contribution < 1.29 is 42.1 Å². The van der Waals surface area contributed by atoms with Crippen LogP contribution < -0.4 is 0 Å². The molecule has 0 aromatic heterocycles. The summed E-state index contributed by atoms with van der Waals surface area (Å²) in [7, 11) is 1.49. The van der Waals surface area contributed by atoms with Crippen LogP contribution in [0, 0.1) is 0 Å². The van der Waals surface area contributed by atoms with Crippen molar-refractivity contribution in [2.75, 3.05) is 47.5 Å². The minimum atomic E-state index is -4.40. The minimum absolute atomic E-state index is 0.0310. The molecule has 0 radical (unpaired) electrons. The van der Waals surface area contributed by atoms with Crippen molar-refractivity contribution in [1.29, 1.82) is 0 Å². The Balaban J connectivity index is 3.93. The normalized spacial score (nSPS) is 13.6. The molecule has 0 fully saturated rings. The van der Waals surface area contributed by atoms with Gasteiger partial charge in [0.05, 0.1) is 27.7 Å². The van der Waals surface area contributed by atoms with Crippen molar-refractivity contribution in [3.63, 3.8) is 0 Å². The van der Waals surface area contributed by atoms with E-state index < -0.39 is 26.5 Å². The molecule has 0 saturated carbocycles. The van der Waals surface area contributed by atoms with Crippen LogP contribution in [0.2, 0.25) is 0 Å². The molecule has 0 heterocycles. The molecule has 0 rings (SSSR count). The maximum absolute atomic E-state index is 12.9. The van der Waals surface area contributed by atoms with E-state index in [0.29, 0.717) is 17.4 Å². The maximum Gasteiger partial charge on any atom is 0.472 e. The van der Waals surface area contributed by atoms with Crippen LogP contribution in [0.5, 0.6) is 0 Å². The first-order chi connectivity index (χ1) is 45.0. The molecule has 0 saturated heterocycles. The third kappa shape index (κ3) is 76.0. The topological polar surface area (TPSA) is 108 Å². The molecule has 10 heteroatoms. The number of phosphoric ester groups is 1. The highest BCUT2D eigenvalue weighted by molar-refractivity contribution is 7.47. The lowest BCUT2D eigenvalue weighted by Gasteiger charge is -2.24. The number of carbonyl (C=O) groups excluding carboxylic acids is 2. The summed E-state index contributed by atoms with van der Waals surface area (Å²) in [6, 6.07) is 0. The highest BCUT2D eigenvalue weighted by atomic mass is 31.2. The van der Waals surface area contributed by atoms with Gasteiger partial charge >= 0.3 is 19.8 Å². The Kier molecular flexibility index (Phi) is 69.8. The van der Waals surface area contributed by atoms with Crippen LogP contribution in [0.15, 0.2) is 97.2 Å². The van der Waals surface area contributed by atoms with E-state index in [4.69, 9.17) is 18.5 Å². The summed E-state index contributed by atoms with van der Waals surface area (Å²) in [6.45, 7) is 4.35. The van der Waals surface area contributed by atoms with Gasteiger partial charge in [-0.3, -0.25) is 18.6 Å². The van der Waals surface area contributed by atoms with Crippen molar-refractivity contribution >= 4 is 19.8 Å². The highest BCUT2D eigenvalue weighted by Gasteiger charge is 2.27. The van der Waals surface area contributed by atoms with Crippen LogP contribution in [0.3, 0.4) is 0 Å². The van der Waals surface area contributed by atoms with E-state index in [0.717, 1.165) is 77.0 Å². The molecule has 0 spiro atoms. The number of hydrogen-bond acceptors (Lipinski definition) is 7. The second-order valence-electron chi connectivity index (χ2n) is 27.4. The van der Waals surface area contributed by atoms with Crippen LogP contribution in [0.25, 0.3) is 0 Å². The van der Waals surface area contributed by atoms with Crippen LogP contribution in [-0.2, 0) is 32.7 Å². The molecular formula is C82H149NO8P+. The minimum Gasteiger partial charge on any atom is -0.462 e. The number of likely N-dealkylation sites (N-methyl/N-ethyl adjacent to an activating group) is 1. The molecule has 2 atom stereocenters. The van der Waals surface area contributed by atoms with Gasteiger partial charge in [0.2, 0.25) is 0 Å². The molecule has 1 N–H and O–H groups in total. The summed E-state index contributed by atoms with van der Waals surface area (Å²) in [4.78, 5) is 36.0. The van der Waals surface area contributed by atoms with Gasteiger partial charge < -0.3 is 18.9 Å². The number of esters is 2. The lowest BCUT2D eigenvalue weighted by molar-refractivity contribution is -0.870. The number of hydrogen-bond donors (Lipinski definition) is 1. The second kappa shape index (κ2) is 72.2. The smallest absolute Gasteiger partial charge is 0.462 e. The lowest BCUT2D eigenvalue weighted by Crippen LogP contribution is -2.37. The van der Waals surface area contributed by atoms with Gasteiger partial charge in [-0.15, -0.1) is 0 Å². The van der Waals surface area contributed by atoms with Crippen molar-refractivity contribution in [3.8, 4) is 0 Å². The fraction of sp³-hybridized carbons (Fsp3) is 0.780. The number of rotatable bonds is 72. The summed E-state index contributed by atoms with van der Waals surface area (Å²) < 4.78 is 34.8. The van der Waals surface area contributed by atoms with Crippen LogP contribution >= 0.6 is 7.82 Å². The number of ether oxygens (including phenoxy) is 2. The predicted molar refractivity (Wildman–Crippen MR) is 399 cm³/mol. The van der Waals surface area contributed by atoms with Gasteiger partial charge in [-0.05, 0) is 96.3 Å². The van der Waals surface area contributed by atoms with Crippen LogP contribution in [0.1, 0.15) is 361 Å². The Labute approximate surface area is 570 Å². The molecular weight excluding hydrogens is 1160 g/mol. The van der Waals surface area contributed by atoms with E-state index >= 15 is 0 Å². The molecule has 0 aliphatic carbocycles. The van der Waals surface area contributed by atoms with Gasteiger partial charge in [-0.2, -0.15) is 0 Å². The number of unbranched alkanes of at least 4 members (excludes halogenated alkanes) is 42. The van der Waals surface area contributed by atoms with E-state index in [-0.39, 0.29) is 32.0 Å². The Morgan fingerprint density at radius 2 is 0.620 bits per heavy atom. The van der Waals surface area contributed by atoms with Crippen molar-refractivity contribution in [1.82, 2.24) is 0 Å². The number of phosphoric acid groups is 1. The van der Waals surface area contributed by atoms with Gasteiger partial charge in [0, 0.05) is 12.8 Å². The summed E-state index contributed by atoms with van der Waals surface area (Å²) in [5.41, 5.74) is 0. The predicted octanol–water partition coefficient (Wildman–Crippen LogP) is 25.8. The first kappa shape index (κ1) is 88.9. The fourth-order valence-corrected chi connectivity index (χ4v) is 11.9. The van der Waals surface area contributed by atoms with E-state index in [1.807, 2.05) is 21.1 Å². The lowest BCUT2D eigenvalue weighted by atomic mass is 10.0. The SMILES string of the molecule is CC/C=C\C/C=C\C/C=C\C/C=C\C/C=C\CCCCCCCCCCCCCCCCCCCCCCCCCCCC(=O)OC(COC(=O)CCCCCCCCCCCCCC/C=C\C/C=C\C/C=C\CCCCCCC)COP(=O)(O)OCC[N+](C)(C)C. The van der Waals surface area contributed by atoms with Crippen LogP contribution in [0.4, 0.5) is 0 Å². The van der Waals surface area contributed by atoms with E-state index in [1.165, 1.54) is 250 Å². The van der Waals surface area contributed by atoms with E-state index in [1.54, 1.807) is 0 Å². The molecule has 0 amide bonds. The standard InChI is InChI=1S/C82H148NO8P/c1-6-8-10-12-14-16-18-20-22-24-26-28-30-32-34-35-36-37-38-39-40-41-42-43-44-45-46-47-49-51-53-55-57-59-61-63-65-67-69-71-73-75-82(85)91-80(79-90-92(86,87)89-77-76-83(3,4)5)78-88-81(84)74-72-70-68-66-64-62-60-58-56-54-52-50-48-33-31-29-27-25-23-21-19-17-15-13-11-9-7-2/h8,10,14,16,19-22,25-28,31-34,80H,6-7,9,11-13,15,17-18,23-24,29-30,35-79H2,1-5H3/p+1/b10-8-,16-14-,21-19-,22-20-,27-25-,28-26-,33-31-,34-32-. The summed E-state index contributed by atoms with van der Waals surface area (Å²) in [6.07, 6.45) is 101. The first-order valence-corrected chi connectivity index (χ1v) is 40.5. The number of allylic oxidation sites excluding steroid dienone is 16. The molecule has 0 aromatic carbocycles. The molecule has 0 aliphatic heterocycles. The summed E-state index contributed by atoms with van der Waals surface area (Å²) in [5.74, 6) is -0.785. The molecule has 92 heavy (non-hydrogen) atoms. The summed E-state index contributed by atoms with van der Waals surface area (Å²) >= 11 is 0. The average molecular weight is 1310 g/mol. The van der Waals surface area contributed by atoms with Gasteiger partial charge in [-0.1, -0.05) is 349 Å². The zero-order valence-corrected chi connectivity index (χ0v) is 61.9. The van der Waals surface area contributed by atoms with Gasteiger partial charge in [0.25, 0.3) is 0 Å². The second-order valence-corrected chi connectivity index (χ2v) is 28.8. The van der Waals surface area contributed by atoms with E-state index in [2.05, 4.69) is 111 Å². The van der Waals surface area contributed by atoms with Crippen molar-refractivity contribution in [3.05, 3.63) is 97.2 Å². The van der Waals surface area contributed by atoms with Crippen molar-refractivity contribution in [2.24, 2.45) is 0 Å². The largest absolute Gasteiger partial charge is 0.472 e.